The van der Waals surface area contributed by atoms with Crippen LogP contribution in [0.4, 0.5) is 0 Å². The van der Waals surface area contributed by atoms with Gasteiger partial charge >= 0.3 is 0 Å². The molecule has 0 atom stereocenters. The van der Waals surface area contributed by atoms with Crippen LogP contribution in [0.25, 0.3) is 0 Å². The lowest BCUT2D eigenvalue weighted by Gasteiger charge is -2.34. The Kier molecular flexibility index (Phi) is 6.37. The summed E-state index contributed by atoms with van der Waals surface area (Å²) in [5, 5.41) is 0. The van der Waals surface area contributed by atoms with Crippen molar-refractivity contribution in [3.63, 3.8) is 0 Å². The summed E-state index contributed by atoms with van der Waals surface area (Å²) in [7, 11) is -3.57. The topological polar surface area (TPSA) is 89.3 Å². The van der Waals surface area contributed by atoms with Crippen molar-refractivity contribution in [3.8, 4) is 11.5 Å². The first kappa shape index (κ1) is 22.9. The van der Waals surface area contributed by atoms with E-state index in [9.17, 15) is 13.2 Å². The Balaban J connectivity index is 1.16. The van der Waals surface area contributed by atoms with Crippen LogP contribution in [0, 0.1) is 0 Å². The average molecular weight is 547 g/mol. The van der Waals surface area contributed by atoms with Crippen LogP contribution in [-0.2, 0) is 22.1 Å². The van der Waals surface area contributed by atoms with E-state index in [1.807, 2.05) is 18.2 Å². The third-order valence-corrected chi connectivity index (χ3v) is 8.06. The lowest BCUT2D eigenvalue weighted by Crippen LogP contribution is -2.48. The highest BCUT2D eigenvalue weighted by atomic mass is 79.9. The fourth-order valence-electron chi connectivity index (χ4n) is 4.05. The van der Waals surface area contributed by atoms with E-state index in [1.54, 1.807) is 29.2 Å². The van der Waals surface area contributed by atoms with Gasteiger partial charge in [-0.15, -0.1) is 0 Å². The van der Waals surface area contributed by atoms with Gasteiger partial charge in [0.05, 0.1) is 4.90 Å². The molecule has 10 heteroatoms. The highest BCUT2D eigenvalue weighted by molar-refractivity contribution is 9.10. The molecule has 1 aromatic heterocycles. The summed E-state index contributed by atoms with van der Waals surface area (Å²) in [6.45, 7) is 3.60. The zero-order chi connectivity index (χ0) is 23.7. The smallest absolute Gasteiger partial charge is 0.289 e. The van der Waals surface area contributed by atoms with Gasteiger partial charge in [0.15, 0.2) is 27.1 Å². The summed E-state index contributed by atoms with van der Waals surface area (Å²) in [5.41, 5.74) is 1.13. The first-order valence-corrected chi connectivity index (χ1v) is 13.3. The zero-order valence-corrected chi connectivity index (χ0v) is 20.7. The molecule has 2 aromatic carbocycles. The van der Waals surface area contributed by atoms with Gasteiger partial charge in [0, 0.05) is 37.2 Å². The van der Waals surface area contributed by atoms with Crippen LogP contribution in [0.1, 0.15) is 21.9 Å². The number of sulfone groups is 1. The van der Waals surface area contributed by atoms with Gasteiger partial charge in [0.25, 0.3) is 5.91 Å². The summed E-state index contributed by atoms with van der Waals surface area (Å²) in [6.07, 6.45) is 0. The monoisotopic (exact) mass is 546 g/mol. The predicted molar refractivity (Wildman–Crippen MR) is 127 cm³/mol. The van der Waals surface area contributed by atoms with Crippen LogP contribution < -0.4 is 9.47 Å². The molecule has 0 N–H and O–H groups in total. The van der Waals surface area contributed by atoms with Crippen molar-refractivity contribution >= 4 is 31.7 Å². The summed E-state index contributed by atoms with van der Waals surface area (Å²) < 4.78 is 42.5. The molecule has 2 aliphatic heterocycles. The molecule has 2 aliphatic rings. The number of ether oxygens (including phenoxy) is 2. The number of benzene rings is 2. The molecular weight excluding hydrogens is 524 g/mol. The largest absolute Gasteiger partial charge is 0.455 e. The highest BCUT2D eigenvalue weighted by Crippen LogP contribution is 2.33. The van der Waals surface area contributed by atoms with Crippen molar-refractivity contribution in [1.29, 1.82) is 0 Å². The van der Waals surface area contributed by atoms with E-state index in [1.165, 1.54) is 12.1 Å². The third-order valence-electron chi connectivity index (χ3n) is 5.88. The summed E-state index contributed by atoms with van der Waals surface area (Å²) in [4.78, 5) is 17.1. The number of rotatable bonds is 6. The number of hydrogen-bond donors (Lipinski definition) is 0. The number of hydrogen-bond acceptors (Lipinski definition) is 7. The maximum absolute atomic E-state index is 12.9. The van der Waals surface area contributed by atoms with Crippen molar-refractivity contribution in [2.24, 2.45) is 0 Å². The molecule has 178 valence electrons. The first-order chi connectivity index (χ1) is 16.4. The number of amides is 1. The van der Waals surface area contributed by atoms with Gasteiger partial charge in [-0.1, -0.05) is 22.0 Å². The molecule has 0 spiro atoms. The third kappa shape index (κ3) is 4.98. The fraction of sp³-hybridized carbons (Fsp3) is 0.292. The van der Waals surface area contributed by atoms with Crippen LogP contribution in [0.5, 0.6) is 11.5 Å². The Morgan fingerprint density at radius 3 is 2.41 bits per heavy atom. The molecule has 0 bridgehead atoms. The molecule has 1 fully saturated rings. The van der Waals surface area contributed by atoms with Crippen LogP contribution in [0.15, 0.2) is 68.4 Å². The summed E-state index contributed by atoms with van der Waals surface area (Å²) in [5.74, 6) is 1.40. The molecule has 0 saturated carbocycles. The van der Waals surface area contributed by atoms with Crippen LogP contribution >= 0.6 is 15.9 Å². The van der Waals surface area contributed by atoms with Crippen LogP contribution in [0.2, 0.25) is 0 Å². The van der Waals surface area contributed by atoms with Gasteiger partial charge in [-0.25, -0.2) is 8.42 Å². The summed E-state index contributed by atoms with van der Waals surface area (Å²) in [6, 6.07) is 15.5. The van der Waals surface area contributed by atoms with Crippen molar-refractivity contribution in [3.05, 3.63) is 76.2 Å². The molecule has 0 aliphatic carbocycles. The van der Waals surface area contributed by atoms with Gasteiger partial charge in [-0.3, -0.25) is 9.69 Å². The maximum Gasteiger partial charge on any atom is 0.289 e. The van der Waals surface area contributed by atoms with Gasteiger partial charge in [-0.05, 0) is 54.1 Å². The van der Waals surface area contributed by atoms with E-state index in [4.69, 9.17) is 13.9 Å². The summed E-state index contributed by atoms with van der Waals surface area (Å²) >= 11 is 3.30. The molecule has 0 radical (unpaired) electrons. The molecule has 8 nitrogen and oxygen atoms in total. The minimum absolute atomic E-state index is 0.158. The zero-order valence-electron chi connectivity index (χ0n) is 18.3. The second-order valence-electron chi connectivity index (χ2n) is 8.23. The number of fused-ring (bicyclic) bond motifs is 1. The minimum Gasteiger partial charge on any atom is -0.455 e. The Bertz CT molecular complexity index is 1300. The predicted octanol–water partition coefficient (Wildman–Crippen LogP) is 3.70. The SMILES string of the molecule is O=C(c1ccc(CS(=O)(=O)c2ccc(Br)cc2)o1)N1CCN(Cc2ccc3c(c2)OCO3)CC1. The number of nitrogens with zero attached hydrogens (tertiary/aromatic N) is 2. The molecule has 1 amide bonds. The maximum atomic E-state index is 12.9. The average Bonchev–Trinajstić information content (AvgIpc) is 3.48. The Morgan fingerprint density at radius 2 is 1.65 bits per heavy atom. The number of furan rings is 1. The standard InChI is InChI=1S/C24H23BrN2O6S/c25-18-2-5-20(6-3-18)34(29,30)15-19-4-8-22(33-19)24(28)27-11-9-26(10-12-27)14-17-1-7-21-23(13-17)32-16-31-21/h1-8,13H,9-12,14-16H2. The molecule has 1 saturated heterocycles. The van der Waals surface area contributed by atoms with Crippen LogP contribution in [0.3, 0.4) is 0 Å². The van der Waals surface area contributed by atoms with Crippen molar-refractivity contribution in [2.45, 2.75) is 17.2 Å². The van der Waals surface area contributed by atoms with Crippen molar-refractivity contribution in [1.82, 2.24) is 9.80 Å². The van der Waals surface area contributed by atoms with Gasteiger partial charge in [-0.2, -0.15) is 0 Å². The minimum atomic E-state index is -3.57. The molecular formula is C24H23BrN2O6S. The Labute approximate surface area is 206 Å². The molecule has 5 rings (SSSR count). The van der Waals surface area contributed by atoms with E-state index >= 15 is 0 Å². The lowest BCUT2D eigenvalue weighted by atomic mass is 10.1. The number of piperazine rings is 1. The van der Waals surface area contributed by atoms with E-state index < -0.39 is 9.84 Å². The van der Waals surface area contributed by atoms with E-state index in [-0.39, 0.29) is 34.9 Å². The second kappa shape index (κ2) is 9.44. The molecule has 3 heterocycles. The Morgan fingerprint density at radius 1 is 0.912 bits per heavy atom. The number of carbonyl (C=O) groups excluding carboxylic acids is 1. The number of carbonyl (C=O) groups is 1. The molecule has 0 unspecified atom stereocenters. The lowest BCUT2D eigenvalue weighted by molar-refractivity contribution is 0.0596. The van der Waals surface area contributed by atoms with E-state index in [2.05, 4.69) is 20.8 Å². The van der Waals surface area contributed by atoms with Crippen molar-refractivity contribution < 1.29 is 27.1 Å². The van der Waals surface area contributed by atoms with Gasteiger partial charge < -0.3 is 18.8 Å². The number of halogens is 1. The molecule has 34 heavy (non-hydrogen) atoms. The van der Waals surface area contributed by atoms with Gasteiger partial charge in [0.2, 0.25) is 6.79 Å². The normalized spacial score (nSPS) is 16.1. The highest BCUT2D eigenvalue weighted by Gasteiger charge is 2.26. The van der Waals surface area contributed by atoms with E-state index in [0.717, 1.165) is 41.2 Å². The van der Waals surface area contributed by atoms with Gasteiger partial charge in [0.1, 0.15) is 11.5 Å². The van der Waals surface area contributed by atoms with Crippen molar-refractivity contribution in [2.75, 3.05) is 33.0 Å². The quantitative estimate of drug-likeness (QED) is 0.465. The van der Waals surface area contributed by atoms with Crippen LogP contribution in [-0.4, -0.2) is 57.1 Å². The fourth-order valence-corrected chi connectivity index (χ4v) is 5.56. The Hall–Kier alpha value is -2.82. The first-order valence-electron chi connectivity index (χ1n) is 10.8. The van der Waals surface area contributed by atoms with E-state index in [0.29, 0.717) is 13.1 Å². The molecule has 3 aromatic rings. The second-order valence-corrected chi connectivity index (χ2v) is 11.1.